The van der Waals surface area contributed by atoms with Gasteiger partial charge in [-0.25, -0.2) is 0 Å². The number of rotatable bonds is 4. The molecule has 0 amide bonds. The van der Waals surface area contributed by atoms with Crippen LogP contribution in [0.25, 0.3) is 0 Å². The SMILES string of the molecule is CCCC[C@@H](N)c1ccc2c(c1)OCO2. The lowest BCUT2D eigenvalue weighted by molar-refractivity contribution is 0.174. The second-order valence-electron chi connectivity index (χ2n) is 3.86. The molecule has 1 aromatic rings. The number of ether oxygens (including phenoxy) is 2. The maximum Gasteiger partial charge on any atom is 0.231 e. The fourth-order valence-corrected chi connectivity index (χ4v) is 1.73. The standard InChI is InChI=1S/C12H17NO2/c1-2-3-4-10(13)9-5-6-11-12(7-9)15-8-14-11/h5-7,10H,2-4,8,13H2,1H3/t10-/m1/s1. The molecule has 82 valence electrons. The summed E-state index contributed by atoms with van der Waals surface area (Å²) in [5.74, 6) is 1.64. The molecule has 15 heavy (non-hydrogen) atoms. The Morgan fingerprint density at radius 3 is 2.93 bits per heavy atom. The van der Waals surface area contributed by atoms with Gasteiger partial charge in [0.25, 0.3) is 0 Å². The number of nitrogens with two attached hydrogens (primary N) is 1. The summed E-state index contributed by atoms with van der Waals surface area (Å²) in [6, 6.07) is 6.06. The molecule has 1 heterocycles. The van der Waals surface area contributed by atoms with Crippen LogP contribution in [-0.2, 0) is 0 Å². The first-order chi connectivity index (χ1) is 7.31. The normalized spacial score (nSPS) is 15.3. The van der Waals surface area contributed by atoms with Gasteiger partial charge in [0.1, 0.15) is 0 Å². The van der Waals surface area contributed by atoms with Crippen LogP contribution >= 0.6 is 0 Å². The van der Waals surface area contributed by atoms with Crippen molar-refractivity contribution in [3.63, 3.8) is 0 Å². The molecule has 1 aliphatic heterocycles. The van der Waals surface area contributed by atoms with Crippen LogP contribution in [0.4, 0.5) is 0 Å². The van der Waals surface area contributed by atoms with E-state index in [2.05, 4.69) is 6.92 Å². The Labute approximate surface area is 90.2 Å². The van der Waals surface area contributed by atoms with Gasteiger partial charge in [-0.3, -0.25) is 0 Å². The van der Waals surface area contributed by atoms with E-state index in [4.69, 9.17) is 15.2 Å². The van der Waals surface area contributed by atoms with Crippen molar-refractivity contribution in [2.45, 2.75) is 32.2 Å². The summed E-state index contributed by atoms with van der Waals surface area (Å²) in [4.78, 5) is 0. The average molecular weight is 207 g/mol. The third kappa shape index (κ3) is 2.23. The van der Waals surface area contributed by atoms with E-state index in [-0.39, 0.29) is 6.04 Å². The lowest BCUT2D eigenvalue weighted by atomic mass is 10.0. The maximum atomic E-state index is 6.08. The minimum absolute atomic E-state index is 0.111. The predicted molar refractivity (Wildman–Crippen MR) is 59.0 cm³/mol. The fourth-order valence-electron chi connectivity index (χ4n) is 1.73. The van der Waals surface area contributed by atoms with E-state index in [1.165, 1.54) is 6.42 Å². The average Bonchev–Trinajstić information content (AvgIpc) is 2.72. The van der Waals surface area contributed by atoms with Crippen molar-refractivity contribution in [3.05, 3.63) is 23.8 Å². The van der Waals surface area contributed by atoms with Crippen LogP contribution in [0.1, 0.15) is 37.8 Å². The van der Waals surface area contributed by atoms with Gasteiger partial charge in [0.05, 0.1) is 0 Å². The summed E-state index contributed by atoms with van der Waals surface area (Å²) in [6.07, 6.45) is 3.37. The molecule has 0 spiro atoms. The molecule has 0 aromatic heterocycles. The van der Waals surface area contributed by atoms with Gasteiger partial charge in [-0.05, 0) is 24.1 Å². The monoisotopic (exact) mass is 207 g/mol. The summed E-state index contributed by atoms with van der Waals surface area (Å²) in [5.41, 5.74) is 7.21. The quantitative estimate of drug-likeness (QED) is 0.825. The zero-order chi connectivity index (χ0) is 10.7. The molecule has 0 aliphatic carbocycles. The van der Waals surface area contributed by atoms with Crippen LogP contribution in [0, 0.1) is 0 Å². The van der Waals surface area contributed by atoms with Gasteiger partial charge in [0.15, 0.2) is 11.5 Å². The van der Waals surface area contributed by atoms with E-state index >= 15 is 0 Å². The second-order valence-corrected chi connectivity index (χ2v) is 3.86. The summed E-state index contributed by atoms with van der Waals surface area (Å²) in [6.45, 7) is 2.50. The number of benzene rings is 1. The number of hydrogen-bond acceptors (Lipinski definition) is 3. The third-order valence-corrected chi connectivity index (χ3v) is 2.69. The van der Waals surface area contributed by atoms with Crippen LogP contribution in [0.2, 0.25) is 0 Å². The minimum Gasteiger partial charge on any atom is -0.454 e. The van der Waals surface area contributed by atoms with Gasteiger partial charge in [-0.1, -0.05) is 25.8 Å². The van der Waals surface area contributed by atoms with E-state index in [0.29, 0.717) is 6.79 Å². The number of unbranched alkanes of at least 4 members (excludes halogenated alkanes) is 1. The van der Waals surface area contributed by atoms with E-state index in [0.717, 1.165) is 29.9 Å². The number of hydrogen-bond donors (Lipinski definition) is 1. The Balaban J connectivity index is 2.08. The smallest absolute Gasteiger partial charge is 0.231 e. The summed E-state index contributed by atoms with van der Waals surface area (Å²) in [5, 5.41) is 0. The Morgan fingerprint density at radius 1 is 1.33 bits per heavy atom. The largest absolute Gasteiger partial charge is 0.454 e. The van der Waals surface area contributed by atoms with Crippen LogP contribution in [0.15, 0.2) is 18.2 Å². The molecule has 0 bridgehead atoms. The first-order valence-corrected chi connectivity index (χ1v) is 5.46. The van der Waals surface area contributed by atoms with E-state index in [9.17, 15) is 0 Å². The topological polar surface area (TPSA) is 44.5 Å². The summed E-state index contributed by atoms with van der Waals surface area (Å²) in [7, 11) is 0. The molecule has 0 saturated carbocycles. The van der Waals surface area contributed by atoms with Gasteiger partial charge in [-0.2, -0.15) is 0 Å². The molecule has 2 rings (SSSR count). The molecule has 2 N–H and O–H groups in total. The number of fused-ring (bicyclic) bond motifs is 1. The molecule has 0 unspecified atom stereocenters. The molecule has 1 aliphatic rings. The van der Waals surface area contributed by atoms with Gasteiger partial charge in [0.2, 0.25) is 6.79 Å². The molecule has 3 heteroatoms. The van der Waals surface area contributed by atoms with Crippen molar-refractivity contribution in [3.8, 4) is 11.5 Å². The van der Waals surface area contributed by atoms with E-state index < -0.39 is 0 Å². The van der Waals surface area contributed by atoms with Crippen molar-refractivity contribution in [1.29, 1.82) is 0 Å². The fraction of sp³-hybridized carbons (Fsp3) is 0.500. The van der Waals surface area contributed by atoms with Crippen molar-refractivity contribution in [1.82, 2.24) is 0 Å². The molecule has 1 aromatic carbocycles. The maximum absolute atomic E-state index is 6.08. The summed E-state index contributed by atoms with van der Waals surface area (Å²) >= 11 is 0. The van der Waals surface area contributed by atoms with Crippen LogP contribution in [-0.4, -0.2) is 6.79 Å². The highest BCUT2D eigenvalue weighted by atomic mass is 16.7. The van der Waals surface area contributed by atoms with E-state index in [1.54, 1.807) is 0 Å². The van der Waals surface area contributed by atoms with Crippen LogP contribution < -0.4 is 15.2 Å². The van der Waals surface area contributed by atoms with Gasteiger partial charge in [-0.15, -0.1) is 0 Å². The van der Waals surface area contributed by atoms with Crippen molar-refractivity contribution >= 4 is 0 Å². The minimum atomic E-state index is 0.111. The van der Waals surface area contributed by atoms with Crippen molar-refractivity contribution in [2.24, 2.45) is 5.73 Å². The van der Waals surface area contributed by atoms with Gasteiger partial charge in [0, 0.05) is 6.04 Å². The highest BCUT2D eigenvalue weighted by Gasteiger charge is 2.15. The Hall–Kier alpha value is -1.22. The Kier molecular flexibility index (Phi) is 3.11. The third-order valence-electron chi connectivity index (χ3n) is 2.69. The molecule has 3 nitrogen and oxygen atoms in total. The predicted octanol–water partition coefficient (Wildman–Crippen LogP) is 2.61. The second kappa shape index (κ2) is 4.53. The Morgan fingerprint density at radius 2 is 2.13 bits per heavy atom. The molecular weight excluding hydrogens is 190 g/mol. The highest BCUT2D eigenvalue weighted by molar-refractivity contribution is 5.45. The van der Waals surface area contributed by atoms with Gasteiger partial charge < -0.3 is 15.2 Å². The lowest BCUT2D eigenvalue weighted by Crippen LogP contribution is -2.09. The highest BCUT2D eigenvalue weighted by Crippen LogP contribution is 2.34. The molecule has 0 radical (unpaired) electrons. The van der Waals surface area contributed by atoms with E-state index in [1.807, 2.05) is 18.2 Å². The van der Waals surface area contributed by atoms with Gasteiger partial charge >= 0.3 is 0 Å². The van der Waals surface area contributed by atoms with Crippen molar-refractivity contribution < 1.29 is 9.47 Å². The lowest BCUT2D eigenvalue weighted by Gasteiger charge is -2.11. The van der Waals surface area contributed by atoms with Crippen LogP contribution in [0.3, 0.4) is 0 Å². The molecule has 0 fully saturated rings. The van der Waals surface area contributed by atoms with Crippen LogP contribution in [0.5, 0.6) is 11.5 Å². The first-order valence-electron chi connectivity index (χ1n) is 5.46. The first kappa shape index (κ1) is 10.3. The Bertz CT molecular complexity index is 338. The molecule has 0 saturated heterocycles. The zero-order valence-corrected chi connectivity index (χ0v) is 9.03. The molecular formula is C12H17NO2. The molecule has 1 atom stereocenters. The zero-order valence-electron chi connectivity index (χ0n) is 9.03. The van der Waals surface area contributed by atoms with Crippen molar-refractivity contribution in [2.75, 3.05) is 6.79 Å². The summed E-state index contributed by atoms with van der Waals surface area (Å²) < 4.78 is 10.6.